The molecule has 0 spiro atoms. The lowest BCUT2D eigenvalue weighted by atomic mass is 9.99. The van der Waals surface area contributed by atoms with E-state index in [1.165, 1.54) is 0 Å². The van der Waals surface area contributed by atoms with Crippen LogP contribution in [0.3, 0.4) is 0 Å². The van der Waals surface area contributed by atoms with E-state index in [1.54, 1.807) is 6.21 Å². The molecule has 0 saturated heterocycles. The van der Waals surface area contributed by atoms with Gasteiger partial charge in [0.1, 0.15) is 0 Å². The first kappa shape index (κ1) is 9.43. The van der Waals surface area contributed by atoms with Gasteiger partial charge in [0.15, 0.2) is 0 Å². The Hall–Kier alpha value is -1.80. The number of nitrogens with one attached hydrogen (secondary N) is 1. The number of fused-ring (bicyclic) bond motifs is 3. The van der Waals surface area contributed by atoms with Gasteiger partial charge >= 0.3 is 0 Å². The smallest absolute Gasteiger partial charge is 0.0640 e. The van der Waals surface area contributed by atoms with Gasteiger partial charge in [-0.1, -0.05) is 41.9 Å². The maximum atomic E-state index is 6.16. The standard InChI is InChI=1S/C13H9ClN2/c14-12-6-3-5-9-10-4-1-2-7-13(10)16-15-8-11(9)12/h1-8,16H. The Morgan fingerprint density at radius 3 is 2.69 bits per heavy atom. The summed E-state index contributed by atoms with van der Waals surface area (Å²) >= 11 is 6.16. The van der Waals surface area contributed by atoms with Gasteiger partial charge in [0.2, 0.25) is 0 Å². The molecule has 3 heteroatoms. The van der Waals surface area contributed by atoms with Crippen LogP contribution < -0.4 is 5.43 Å². The highest BCUT2D eigenvalue weighted by molar-refractivity contribution is 6.34. The zero-order chi connectivity index (χ0) is 11.0. The van der Waals surface area contributed by atoms with Crippen LogP contribution in [0.2, 0.25) is 5.02 Å². The fraction of sp³-hybridized carbons (Fsp3) is 0. The minimum absolute atomic E-state index is 0.722. The van der Waals surface area contributed by atoms with Crippen molar-refractivity contribution in [2.45, 2.75) is 0 Å². The van der Waals surface area contributed by atoms with Crippen molar-refractivity contribution in [2.24, 2.45) is 5.10 Å². The monoisotopic (exact) mass is 228 g/mol. The number of halogens is 1. The van der Waals surface area contributed by atoms with Gasteiger partial charge in [-0.05, 0) is 17.7 Å². The molecule has 0 bridgehead atoms. The first-order valence-corrected chi connectivity index (χ1v) is 5.41. The summed E-state index contributed by atoms with van der Waals surface area (Å²) in [5, 5.41) is 4.88. The third-order valence-corrected chi connectivity index (χ3v) is 2.98. The van der Waals surface area contributed by atoms with E-state index < -0.39 is 0 Å². The van der Waals surface area contributed by atoms with E-state index in [2.05, 4.69) is 22.7 Å². The van der Waals surface area contributed by atoms with Gasteiger partial charge in [0.25, 0.3) is 0 Å². The molecular formula is C13H9ClN2. The number of hydrazone groups is 1. The minimum Gasteiger partial charge on any atom is -0.278 e. The van der Waals surface area contributed by atoms with Crippen LogP contribution >= 0.6 is 11.6 Å². The number of hydrogen-bond acceptors (Lipinski definition) is 2. The second-order valence-electron chi connectivity index (χ2n) is 3.62. The van der Waals surface area contributed by atoms with Crippen molar-refractivity contribution in [3.8, 4) is 11.1 Å². The maximum absolute atomic E-state index is 6.16. The van der Waals surface area contributed by atoms with Gasteiger partial charge in [0, 0.05) is 11.1 Å². The second-order valence-corrected chi connectivity index (χ2v) is 4.02. The molecule has 0 fully saturated rings. The molecule has 2 nitrogen and oxygen atoms in total. The number of anilines is 1. The van der Waals surface area contributed by atoms with E-state index in [4.69, 9.17) is 11.6 Å². The summed E-state index contributed by atoms with van der Waals surface area (Å²) in [5.74, 6) is 0. The van der Waals surface area contributed by atoms with Crippen molar-refractivity contribution in [3.63, 3.8) is 0 Å². The average molecular weight is 229 g/mol. The Bertz CT molecular complexity index is 576. The minimum atomic E-state index is 0.722. The summed E-state index contributed by atoms with van der Waals surface area (Å²) in [7, 11) is 0. The zero-order valence-corrected chi connectivity index (χ0v) is 9.20. The molecule has 0 unspecified atom stereocenters. The topological polar surface area (TPSA) is 24.4 Å². The molecule has 0 aromatic heterocycles. The lowest BCUT2D eigenvalue weighted by Gasteiger charge is -2.08. The summed E-state index contributed by atoms with van der Waals surface area (Å²) in [4.78, 5) is 0. The Kier molecular flexibility index (Phi) is 2.15. The highest BCUT2D eigenvalue weighted by Crippen LogP contribution is 2.34. The highest BCUT2D eigenvalue weighted by Gasteiger charge is 2.12. The molecule has 3 rings (SSSR count). The van der Waals surface area contributed by atoms with Gasteiger partial charge in [0.05, 0.1) is 16.9 Å². The van der Waals surface area contributed by atoms with Crippen molar-refractivity contribution in [1.82, 2.24) is 0 Å². The fourth-order valence-corrected chi connectivity index (χ4v) is 2.11. The van der Waals surface area contributed by atoms with Gasteiger partial charge in [-0.15, -0.1) is 0 Å². The summed E-state index contributed by atoms with van der Waals surface area (Å²) in [5.41, 5.74) is 7.20. The molecule has 2 aromatic rings. The molecule has 0 saturated carbocycles. The van der Waals surface area contributed by atoms with Gasteiger partial charge in [-0.25, -0.2) is 0 Å². The Labute approximate surface area is 98.6 Å². The molecule has 0 amide bonds. The first-order valence-electron chi connectivity index (χ1n) is 5.03. The highest BCUT2D eigenvalue weighted by atomic mass is 35.5. The van der Waals surface area contributed by atoms with E-state index in [9.17, 15) is 0 Å². The van der Waals surface area contributed by atoms with Crippen LogP contribution in [0.1, 0.15) is 5.56 Å². The van der Waals surface area contributed by atoms with Crippen molar-refractivity contribution < 1.29 is 0 Å². The molecule has 0 aliphatic carbocycles. The lowest BCUT2D eigenvalue weighted by Crippen LogP contribution is -1.88. The van der Waals surface area contributed by atoms with E-state index in [0.29, 0.717) is 0 Å². The summed E-state index contributed by atoms with van der Waals surface area (Å²) in [6.07, 6.45) is 1.76. The zero-order valence-electron chi connectivity index (χ0n) is 8.44. The van der Waals surface area contributed by atoms with Crippen LogP contribution in [0.5, 0.6) is 0 Å². The maximum Gasteiger partial charge on any atom is 0.0640 e. The van der Waals surface area contributed by atoms with Crippen molar-refractivity contribution in [2.75, 3.05) is 5.43 Å². The molecule has 0 radical (unpaired) electrons. The van der Waals surface area contributed by atoms with E-state index in [-0.39, 0.29) is 0 Å². The molecular weight excluding hydrogens is 220 g/mol. The molecule has 2 aromatic carbocycles. The third kappa shape index (κ3) is 1.39. The van der Waals surface area contributed by atoms with E-state index in [1.807, 2.05) is 30.3 Å². The third-order valence-electron chi connectivity index (χ3n) is 2.65. The number of benzene rings is 2. The Balaban J connectivity index is 2.35. The van der Waals surface area contributed by atoms with Crippen LogP contribution in [0.25, 0.3) is 11.1 Å². The van der Waals surface area contributed by atoms with Crippen molar-refractivity contribution in [1.29, 1.82) is 0 Å². The molecule has 0 atom stereocenters. The summed E-state index contributed by atoms with van der Waals surface area (Å²) in [6.45, 7) is 0. The summed E-state index contributed by atoms with van der Waals surface area (Å²) in [6, 6.07) is 13.9. The number of nitrogens with zero attached hydrogens (tertiary/aromatic N) is 1. The number of para-hydroxylation sites is 1. The molecule has 16 heavy (non-hydrogen) atoms. The summed E-state index contributed by atoms with van der Waals surface area (Å²) < 4.78 is 0. The normalized spacial score (nSPS) is 12.3. The molecule has 1 heterocycles. The van der Waals surface area contributed by atoms with Gasteiger partial charge < -0.3 is 0 Å². The lowest BCUT2D eigenvalue weighted by molar-refractivity contribution is 1.36. The average Bonchev–Trinajstić information content (AvgIpc) is 2.50. The fourth-order valence-electron chi connectivity index (χ4n) is 1.88. The van der Waals surface area contributed by atoms with Crippen LogP contribution in [-0.2, 0) is 0 Å². The van der Waals surface area contributed by atoms with Gasteiger partial charge in [-0.3, -0.25) is 5.43 Å². The van der Waals surface area contributed by atoms with Crippen molar-refractivity contribution in [3.05, 3.63) is 53.1 Å². The second kappa shape index (κ2) is 3.65. The predicted octanol–water partition coefficient (Wildman–Crippen LogP) is 3.77. The first-order chi connectivity index (χ1) is 7.86. The molecule has 1 aliphatic heterocycles. The molecule has 1 N–H and O–H groups in total. The number of hydrogen-bond donors (Lipinski definition) is 1. The van der Waals surface area contributed by atoms with Crippen LogP contribution in [0, 0.1) is 0 Å². The van der Waals surface area contributed by atoms with E-state index in [0.717, 1.165) is 27.4 Å². The number of rotatable bonds is 0. The Morgan fingerprint density at radius 2 is 1.75 bits per heavy atom. The van der Waals surface area contributed by atoms with Crippen molar-refractivity contribution >= 4 is 23.5 Å². The quantitative estimate of drug-likeness (QED) is 0.729. The van der Waals surface area contributed by atoms with Crippen LogP contribution in [0.4, 0.5) is 5.69 Å². The molecule has 78 valence electrons. The predicted molar refractivity (Wildman–Crippen MR) is 68.1 cm³/mol. The van der Waals surface area contributed by atoms with Crippen LogP contribution in [-0.4, -0.2) is 6.21 Å². The van der Waals surface area contributed by atoms with Crippen LogP contribution in [0.15, 0.2) is 47.6 Å². The van der Waals surface area contributed by atoms with E-state index >= 15 is 0 Å². The molecule has 1 aliphatic rings. The largest absolute Gasteiger partial charge is 0.278 e. The Morgan fingerprint density at radius 1 is 0.938 bits per heavy atom. The van der Waals surface area contributed by atoms with Gasteiger partial charge in [-0.2, -0.15) is 5.10 Å². The SMILES string of the molecule is Clc1cccc2c1C=NNc1ccccc1-2.